The summed E-state index contributed by atoms with van der Waals surface area (Å²) in [5.74, 6) is 0. The lowest BCUT2D eigenvalue weighted by molar-refractivity contribution is 0.112. The van der Waals surface area contributed by atoms with Gasteiger partial charge in [0.25, 0.3) is 12.0 Å². The molecule has 1 aromatic heterocycles. The van der Waals surface area contributed by atoms with E-state index in [0.717, 1.165) is 6.07 Å². The molecule has 1 aromatic rings. The van der Waals surface area contributed by atoms with Crippen molar-refractivity contribution in [3.63, 3.8) is 0 Å². The normalized spacial score (nSPS) is 10.5. The van der Waals surface area contributed by atoms with Crippen LogP contribution < -0.4 is 5.56 Å². The van der Waals surface area contributed by atoms with Crippen LogP contribution in [-0.4, -0.2) is 11.3 Å². The molecule has 0 aliphatic heterocycles. The Balaban J connectivity index is 3.39. The van der Waals surface area contributed by atoms with Crippen molar-refractivity contribution in [2.45, 2.75) is 13.3 Å². The highest BCUT2D eigenvalue weighted by Gasteiger charge is 2.11. The molecule has 3 nitrogen and oxygen atoms in total. The summed E-state index contributed by atoms with van der Waals surface area (Å²) in [7, 11) is 0. The van der Waals surface area contributed by atoms with Gasteiger partial charge in [-0.1, -0.05) is 0 Å². The lowest BCUT2D eigenvalue weighted by Crippen LogP contribution is -2.14. The number of carbonyl (C=O) groups excluding carboxylic acids is 1. The number of nitrogens with one attached hydrogen (secondary N) is 1. The topological polar surface area (TPSA) is 49.9 Å². The highest BCUT2D eigenvalue weighted by molar-refractivity contribution is 5.76. The van der Waals surface area contributed by atoms with Gasteiger partial charge in [-0.15, -0.1) is 0 Å². The Bertz CT molecular complexity index is 384. The van der Waals surface area contributed by atoms with E-state index in [9.17, 15) is 18.4 Å². The zero-order chi connectivity index (χ0) is 10.0. The van der Waals surface area contributed by atoms with Crippen molar-refractivity contribution in [2.24, 2.45) is 0 Å². The van der Waals surface area contributed by atoms with E-state index in [4.69, 9.17) is 0 Å². The molecule has 70 valence electrons. The van der Waals surface area contributed by atoms with Gasteiger partial charge in [-0.05, 0) is 13.0 Å². The van der Waals surface area contributed by atoms with E-state index in [1.807, 2.05) is 4.98 Å². The maximum Gasteiger partial charge on any atom is 0.278 e. The lowest BCUT2D eigenvalue weighted by Gasteiger charge is -2.02. The minimum Gasteiger partial charge on any atom is -0.321 e. The van der Waals surface area contributed by atoms with E-state index in [0.29, 0.717) is 6.29 Å². The minimum absolute atomic E-state index is 0.000880. The van der Waals surface area contributed by atoms with Crippen molar-refractivity contribution in [3.05, 3.63) is 33.2 Å². The number of carbonyl (C=O) groups is 1. The summed E-state index contributed by atoms with van der Waals surface area (Å²) >= 11 is 0. The van der Waals surface area contributed by atoms with Crippen molar-refractivity contribution in [3.8, 4) is 0 Å². The number of alkyl halides is 2. The Morgan fingerprint density at radius 3 is 2.62 bits per heavy atom. The molecule has 0 aromatic carbocycles. The minimum atomic E-state index is -2.77. The van der Waals surface area contributed by atoms with Crippen molar-refractivity contribution in [1.82, 2.24) is 4.98 Å². The molecule has 0 spiro atoms. The first kappa shape index (κ1) is 9.57. The van der Waals surface area contributed by atoms with Crippen molar-refractivity contribution in [1.29, 1.82) is 0 Å². The second kappa shape index (κ2) is 3.47. The molecule has 13 heavy (non-hydrogen) atoms. The van der Waals surface area contributed by atoms with E-state index in [2.05, 4.69) is 0 Å². The molecular weight excluding hydrogens is 180 g/mol. The van der Waals surface area contributed by atoms with Gasteiger partial charge < -0.3 is 4.98 Å². The molecule has 0 saturated heterocycles. The fourth-order valence-corrected chi connectivity index (χ4v) is 0.908. The zero-order valence-corrected chi connectivity index (χ0v) is 6.80. The van der Waals surface area contributed by atoms with Gasteiger partial charge in [0, 0.05) is 11.1 Å². The Labute approximate surface area is 72.4 Å². The van der Waals surface area contributed by atoms with Gasteiger partial charge in [0.15, 0.2) is 6.29 Å². The van der Waals surface area contributed by atoms with E-state index >= 15 is 0 Å². The summed E-state index contributed by atoms with van der Waals surface area (Å²) in [6.45, 7) is 1.40. The predicted octanol–water partition coefficient (Wildman–Crippen LogP) is 1.43. The van der Waals surface area contributed by atoms with Crippen LogP contribution in [-0.2, 0) is 0 Å². The average Bonchev–Trinajstić information content (AvgIpc) is 2.09. The molecule has 1 heterocycles. The molecule has 0 amide bonds. The van der Waals surface area contributed by atoms with Gasteiger partial charge in [-0.2, -0.15) is 0 Å². The molecular formula is C8H7F2NO2. The summed E-state index contributed by atoms with van der Waals surface area (Å²) in [5, 5.41) is 0. The van der Waals surface area contributed by atoms with Crippen LogP contribution in [0.25, 0.3) is 0 Å². The summed E-state index contributed by atoms with van der Waals surface area (Å²) in [6.07, 6.45) is -2.39. The number of rotatable bonds is 2. The average molecular weight is 187 g/mol. The monoisotopic (exact) mass is 187 g/mol. The smallest absolute Gasteiger partial charge is 0.278 e. The van der Waals surface area contributed by atoms with Gasteiger partial charge in [-0.25, -0.2) is 8.78 Å². The van der Waals surface area contributed by atoms with Crippen LogP contribution in [0.5, 0.6) is 0 Å². The predicted molar refractivity (Wildman–Crippen MR) is 42.1 cm³/mol. The molecule has 0 saturated carbocycles. The van der Waals surface area contributed by atoms with Crippen molar-refractivity contribution in [2.75, 3.05) is 0 Å². The van der Waals surface area contributed by atoms with E-state index in [1.165, 1.54) is 6.92 Å². The quantitative estimate of drug-likeness (QED) is 0.712. The largest absolute Gasteiger partial charge is 0.321 e. The van der Waals surface area contributed by atoms with E-state index in [-0.39, 0.29) is 11.1 Å². The molecule has 0 aliphatic rings. The van der Waals surface area contributed by atoms with Crippen LogP contribution in [0.1, 0.15) is 28.0 Å². The Hall–Kier alpha value is -1.52. The molecule has 0 radical (unpaired) electrons. The molecule has 0 atom stereocenters. The van der Waals surface area contributed by atoms with Crippen molar-refractivity contribution >= 4 is 6.29 Å². The third-order valence-corrected chi connectivity index (χ3v) is 1.70. The molecule has 1 rings (SSSR count). The van der Waals surface area contributed by atoms with Crippen LogP contribution in [0.3, 0.4) is 0 Å². The summed E-state index contributed by atoms with van der Waals surface area (Å²) in [5.41, 5.74) is -1.03. The van der Waals surface area contributed by atoms with Crippen LogP contribution >= 0.6 is 0 Å². The molecule has 5 heteroatoms. The number of H-pyrrole nitrogens is 1. The number of halogens is 2. The zero-order valence-electron chi connectivity index (χ0n) is 6.80. The van der Waals surface area contributed by atoms with Crippen LogP contribution in [0.15, 0.2) is 10.9 Å². The number of aldehydes is 1. The highest BCUT2D eigenvalue weighted by Crippen LogP contribution is 2.15. The Morgan fingerprint density at radius 2 is 2.15 bits per heavy atom. The van der Waals surface area contributed by atoms with Gasteiger partial charge >= 0.3 is 0 Å². The van der Waals surface area contributed by atoms with Gasteiger partial charge in [-0.3, -0.25) is 9.59 Å². The summed E-state index contributed by atoms with van der Waals surface area (Å²) in [4.78, 5) is 23.3. The van der Waals surface area contributed by atoms with Crippen LogP contribution in [0.2, 0.25) is 0 Å². The van der Waals surface area contributed by atoms with E-state index < -0.39 is 17.7 Å². The second-order valence-corrected chi connectivity index (χ2v) is 2.55. The van der Waals surface area contributed by atoms with Gasteiger partial charge in [0.1, 0.15) is 0 Å². The maximum atomic E-state index is 12.1. The highest BCUT2D eigenvalue weighted by atomic mass is 19.3. The number of aromatic nitrogens is 1. The molecule has 0 bridgehead atoms. The Kier molecular flexibility index (Phi) is 2.55. The number of pyridine rings is 1. The molecule has 1 N–H and O–H groups in total. The summed E-state index contributed by atoms with van der Waals surface area (Å²) < 4.78 is 24.2. The van der Waals surface area contributed by atoms with E-state index in [1.54, 1.807) is 0 Å². The first-order valence-electron chi connectivity index (χ1n) is 3.53. The fourth-order valence-electron chi connectivity index (χ4n) is 0.908. The fraction of sp³-hybridized carbons (Fsp3) is 0.250. The lowest BCUT2D eigenvalue weighted by atomic mass is 10.1. The number of hydrogen-bond acceptors (Lipinski definition) is 2. The van der Waals surface area contributed by atoms with Crippen LogP contribution in [0, 0.1) is 6.92 Å². The molecule has 0 aliphatic carbocycles. The van der Waals surface area contributed by atoms with Gasteiger partial charge in [0.05, 0.1) is 5.69 Å². The molecule has 0 fully saturated rings. The first-order valence-corrected chi connectivity index (χ1v) is 3.53. The Morgan fingerprint density at radius 1 is 1.54 bits per heavy atom. The second-order valence-electron chi connectivity index (χ2n) is 2.55. The first-order chi connectivity index (χ1) is 6.06. The third kappa shape index (κ3) is 1.80. The number of hydrogen-bond donors (Lipinski definition) is 1. The van der Waals surface area contributed by atoms with Crippen LogP contribution in [0.4, 0.5) is 8.78 Å². The number of aromatic amines is 1. The maximum absolute atomic E-state index is 12.1. The standard InChI is InChI=1S/C8H7F2NO2/c1-4-5(3-12)2-6(7(9)10)11-8(4)13/h2-3,7H,1H3,(H,11,13). The SMILES string of the molecule is Cc1c(C=O)cc(C(F)F)[nH]c1=O. The van der Waals surface area contributed by atoms with Crippen molar-refractivity contribution < 1.29 is 13.6 Å². The third-order valence-electron chi connectivity index (χ3n) is 1.70. The summed E-state index contributed by atoms with van der Waals surface area (Å²) in [6, 6.07) is 0.981. The molecule has 0 unspecified atom stereocenters. The van der Waals surface area contributed by atoms with Gasteiger partial charge in [0.2, 0.25) is 0 Å².